The highest BCUT2D eigenvalue weighted by molar-refractivity contribution is 5.88. The van der Waals surface area contributed by atoms with Gasteiger partial charge in [0.1, 0.15) is 71.3 Å². The lowest BCUT2D eigenvalue weighted by Gasteiger charge is -2.39. The zero-order valence-corrected chi connectivity index (χ0v) is 22.4. The molecule has 3 aromatic rings. The molecule has 17 heteroatoms. The Labute approximate surface area is 246 Å². The maximum absolute atomic E-state index is 13.7. The number of phenolic OH excluding ortho intramolecular Hbond substituents is 3. The van der Waals surface area contributed by atoms with Crippen LogP contribution in [0, 0.1) is 0 Å². The van der Waals surface area contributed by atoms with Crippen molar-refractivity contribution in [3.05, 3.63) is 40.6 Å². The predicted octanol–water partition coefficient (Wildman–Crippen LogP) is -3.07. The van der Waals surface area contributed by atoms with Gasteiger partial charge in [-0.2, -0.15) is 0 Å². The number of fused-ring (bicyclic) bond motifs is 1. The molecule has 2 unspecified atom stereocenters. The molecule has 1 aromatic heterocycles. The number of hydrogen-bond donors (Lipinski definition) is 11. The molecule has 2 aromatic carbocycles. The van der Waals surface area contributed by atoms with Crippen LogP contribution in [0.5, 0.6) is 28.7 Å². The highest BCUT2D eigenvalue weighted by atomic mass is 16.7. The summed E-state index contributed by atoms with van der Waals surface area (Å²) in [5.41, 5.74) is -1.50. The molecule has 240 valence electrons. The molecule has 0 radical (unpaired) electrons. The average molecular weight is 627 g/mol. The highest BCUT2D eigenvalue weighted by Gasteiger charge is 2.46. The number of aromatic hydroxyl groups is 3. The van der Waals surface area contributed by atoms with Gasteiger partial charge in [0.05, 0.1) is 13.2 Å². The van der Waals surface area contributed by atoms with E-state index in [-0.39, 0.29) is 16.9 Å². The first-order valence-electron chi connectivity index (χ1n) is 13.2. The fourth-order valence-electron chi connectivity index (χ4n) is 4.87. The van der Waals surface area contributed by atoms with Crippen molar-refractivity contribution in [2.24, 2.45) is 0 Å². The Kier molecular flexibility index (Phi) is 8.87. The van der Waals surface area contributed by atoms with E-state index in [2.05, 4.69) is 0 Å². The summed E-state index contributed by atoms with van der Waals surface area (Å²) in [6.07, 6.45) is -17.0. The third-order valence-corrected chi connectivity index (χ3v) is 7.33. The molecule has 10 atom stereocenters. The Bertz CT molecular complexity index is 1550. The SMILES string of the molecule is O=c1c(OC2O[C@H](CO)[C@@H](O)[C@H](O)[C@H]2O)c(-c2ccc(O)c(O)c2)oc2cc(OC3O[C@H](CO)[C@H](O)[C@H](O)[C@H]3O)cc(O)c12. The van der Waals surface area contributed by atoms with Crippen molar-refractivity contribution in [3.63, 3.8) is 0 Å². The van der Waals surface area contributed by atoms with E-state index in [1.165, 1.54) is 6.07 Å². The summed E-state index contributed by atoms with van der Waals surface area (Å²) < 4.78 is 27.6. The van der Waals surface area contributed by atoms with Crippen LogP contribution in [0.2, 0.25) is 0 Å². The lowest BCUT2D eigenvalue weighted by atomic mass is 9.99. The monoisotopic (exact) mass is 626 g/mol. The van der Waals surface area contributed by atoms with Crippen LogP contribution in [0.4, 0.5) is 0 Å². The van der Waals surface area contributed by atoms with E-state index < -0.39 is 114 Å². The molecule has 0 amide bonds. The van der Waals surface area contributed by atoms with E-state index in [0.29, 0.717) is 0 Å². The van der Waals surface area contributed by atoms with Crippen molar-refractivity contribution in [1.29, 1.82) is 0 Å². The Morgan fingerprint density at radius 2 is 1.23 bits per heavy atom. The Morgan fingerprint density at radius 1 is 0.659 bits per heavy atom. The zero-order chi connectivity index (χ0) is 32.0. The molecule has 5 rings (SSSR count). The topological polar surface area (TPSA) is 290 Å². The molecule has 2 saturated heterocycles. The summed E-state index contributed by atoms with van der Waals surface area (Å²) >= 11 is 0. The largest absolute Gasteiger partial charge is 0.507 e. The number of hydrogen-bond acceptors (Lipinski definition) is 17. The number of phenols is 3. The molecule has 0 bridgehead atoms. The van der Waals surface area contributed by atoms with E-state index >= 15 is 0 Å². The Hall–Kier alpha value is -3.75. The Morgan fingerprint density at radius 3 is 1.77 bits per heavy atom. The summed E-state index contributed by atoms with van der Waals surface area (Å²) in [6.45, 7) is -1.53. The van der Waals surface area contributed by atoms with Crippen molar-refractivity contribution in [3.8, 4) is 40.1 Å². The highest BCUT2D eigenvalue weighted by Crippen LogP contribution is 2.40. The van der Waals surface area contributed by atoms with Crippen molar-refractivity contribution in [1.82, 2.24) is 0 Å². The molecule has 2 aliphatic rings. The standard InChI is InChI=1S/C27H30O17/c28-6-14-17(33)20(36)22(38)26(42-14)40-9-4-12(32)16-13(5-9)41-24(8-1-2-10(30)11(31)3-8)25(19(16)35)44-27-23(39)21(37)18(34)15(7-29)43-27/h1-5,14-15,17-18,20-23,26-34,36-39H,6-7H2/t14-,15-,17+,18-,20+,21+,22-,23-,26?,27?/m1/s1. The average Bonchev–Trinajstić information content (AvgIpc) is 2.99. The van der Waals surface area contributed by atoms with Crippen LogP contribution in [0.1, 0.15) is 0 Å². The van der Waals surface area contributed by atoms with E-state index in [9.17, 15) is 61.0 Å². The van der Waals surface area contributed by atoms with Gasteiger partial charge in [0.15, 0.2) is 17.3 Å². The molecule has 44 heavy (non-hydrogen) atoms. The van der Waals surface area contributed by atoms with Gasteiger partial charge in [0, 0.05) is 17.7 Å². The lowest BCUT2D eigenvalue weighted by molar-refractivity contribution is -0.277. The van der Waals surface area contributed by atoms with E-state index in [1.807, 2.05) is 0 Å². The van der Waals surface area contributed by atoms with Gasteiger partial charge in [-0.15, -0.1) is 0 Å². The minimum atomic E-state index is -1.94. The minimum absolute atomic E-state index is 0.0707. The first-order chi connectivity index (χ1) is 20.9. The molecule has 2 fully saturated rings. The quantitative estimate of drug-likeness (QED) is 0.116. The van der Waals surface area contributed by atoms with Crippen LogP contribution < -0.4 is 14.9 Å². The van der Waals surface area contributed by atoms with Crippen LogP contribution in [0.3, 0.4) is 0 Å². The molecule has 2 aliphatic heterocycles. The smallest absolute Gasteiger partial charge is 0.239 e. The summed E-state index contributed by atoms with van der Waals surface area (Å²) in [5.74, 6) is -3.35. The molecule has 11 N–H and O–H groups in total. The molecular formula is C27H30O17. The van der Waals surface area contributed by atoms with Crippen LogP contribution in [0.15, 0.2) is 39.5 Å². The summed E-state index contributed by atoms with van der Waals surface area (Å²) in [6, 6.07) is 5.27. The fraction of sp³-hybridized carbons (Fsp3) is 0.444. The third kappa shape index (κ3) is 5.61. The summed E-state index contributed by atoms with van der Waals surface area (Å²) in [7, 11) is 0. The third-order valence-electron chi connectivity index (χ3n) is 7.33. The van der Waals surface area contributed by atoms with Crippen LogP contribution >= 0.6 is 0 Å². The second kappa shape index (κ2) is 12.3. The zero-order valence-electron chi connectivity index (χ0n) is 22.4. The molecule has 3 heterocycles. The van der Waals surface area contributed by atoms with Gasteiger partial charge in [-0.25, -0.2) is 0 Å². The molecule has 0 spiro atoms. The maximum atomic E-state index is 13.7. The first-order valence-corrected chi connectivity index (χ1v) is 13.2. The van der Waals surface area contributed by atoms with Gasteiger partial charge in [-0.3, -0.25) is 4.79 Å². The lowest BCUT2D eigenvalue weighted by Crippen LogP contribution is -2.60. The van der Waals surface area contributed by atoms with Gasteiger partial charge in [-0.1, -0.05) is 0 Å². The van der Waals surface area contributed by atoms with E-state index in [1.54, 1.807) is 0 Å². The van der Waals surface area contributed by atoms with E-state index in [4.69, 9.17) is 23.4 Å². The number of benzene rings is 2. The number of rotatable bonds is 7. The Balaban J connectivity index is 1.60. The van der Waals surface area contributed by atoms with Gasteiger partial charge in [0.25, 0.3) is 0 Å². The first kappa shape index (κ1) is 31.7. The molecular weight excluding hydrogens is 596 g/mol. The number of aliphatic hydroxyl groups excluding tert-OH is 8. The second-order valence-corrected chi connectivity index (χ2v) is 10.2. The van der Waals surface area contributed by atoms with Gasteiger partial charge >= 0.3 is 0 Å². The van der Waals surface area contributed by atoms with Crippen molar-refractivity contribution >= 4 is 11.0 Å². The van der Waals surface area contributed by atoms with Crippen LogP contribution in [-0.2, 0) is 9.47 Å². The summed E-state index contributed by atoms with van der Waals surface area (Å²) in [4.78, 5) is 13.7. The van der Waals surface area contributed by atoms with Gasteiger partial charge in [-0.05, 0) is 18.2 Å². The summed E-state index contributed by atoms with van der Waals surface area (Å²) in [5, 5.41) is 110. The minimum Gasteiger partial charge on any atom is -0.507 e. The second-order valence-electron chi connectivity index (χ2n) is 10.2. The van der Waals surface area contributed by atoms with Crippen molar-refractivity contribution in [2.75, 3.05) is 13.2 Å². The normalized spacial score (nSPS) is 32.5. The molecule has 0 aliphatic carbocycles. The van der Waals surface area contributed by atoms with Crippen molar-refractivity contribution in [2.45, 2.75) is 61.4 Å². The number of ether oxygens (including phenoxy) is 4. The number of aliphatic hydroxyl groups is 8. The van der Waals surface area contributed by atoms with Gasteiger partial charge < -0.3 is 79.5 Å². The molecule has 0 saturated carbocycles. The van der Waals surface area contributed by atoms with Gasteiger partial charge in [0.2, 0.25) is 23.8 Å². The maximum Gasteiger partial charge on any atom is 0.239 e. The molecule has 17 nitrogen and oxygen atoms in total. The predicted molar refractivity (Wildman–Crippen MR) is 142 cm³/mol. The van der Waals surface area contributed by atoms with E-state index in [0.717, 1.165) is 24.3 Å². The van der Waals surface area contributed by atoms with Crippen LogP contribution in [-0.4, -0.2) is 131 Å². The van der Waals surface area contributed by atoms with Crippen LogP contribution in [0.25, 0.3) is 22.3 Å². The van der Waals surface area contributed by atoms with Crippen molar-refractivity contribution < 1.29 is 79.5 Å². The fourth-order valence-corrected chi connectivity index (χ4v) is 4.87.